The van der Waals surface area contributed by atoms with Crippen LogP contribution < -0.4 is 9.64 Å². The number of ether oxygens (including phenoxy) is 1. The molecule has 1 aliphatic heterocycles. The molecular formula is C58H39NO. The van der Waals surface area contributed by atoms with E-state index in [0.29, 0.717) is 0 Å². The number of benzene rings is 10. The van der Waals surface area contributed by atoms with Crippen LogP contribution in [0.15, 0.2) is 237 Å². The summed E-state index contributed by atoms with van der Waals surface area (Å²) in [5.74, 6) is 1.70. The van der Waals surface area contributed by atoms with Crippen molar-refractivity contribution in [2.75, 3.05) is 4.90 Å². The van der Waals surface area contributed by atoms with Crippen LogP contribution in [-0.2, 0) is 0 Å². The molecule has 1 heterocycles. The molecule has 0 unspecified atom stereocenters. The highest BCUT2D eigenvalue weighted by Crippen LogP contribution is 2.54. The fourth-order valence-electron chi connectivity index (χ4n) is 8.88. The van der Waals surface area contributed by atoms with Crippen molar-refractivity contribution >= 4 is 27.8 Å². The quantitative estimate of drug-likeness (QED) is 0.160. The molecular weight excluding hydrogens is 727 g/mol. The number of anilines is 3. The van der Waals surface area contributed by atoms with Gasteiger partial charge in [0.25, 0.3) is 0 Å². The van der Waals surface area contributed by atoms with Crippen molar-refractivity contribution < 1.29 is 4.74 Å². The van der Waals surface area contributed by atoms with Gasteiger partial charge in [-0.2, -0.15) is 0 Å². The Hall–Kier alpha value is -7.94. The Labute approximate surface area is 350 Å². The van der Waals surface area contributed by atoms with E-state index in [1.54, 1.807) is 0 Å². The highest BCUT2D eigenvalue weighted by Gasteiger charge is 2.27. The van der Waals surface area contributed by atoms with E-state index in [4.69, 9.17) is 4.74 Å². The van der Waals surface area contributed by atoms with Crippen LogP contribution in [0.5, 0.6) is 11.5 Å². The predicted molar refractivity (Wildman–Crippen MR) is 251 cm³/mol. The number of fused-ring (bicyclic) bond motifs is 7. The Kier molecular flexibility index (Phi) is 8.87. The molecule has 0 saturated carbocycles. The van der Waals surface area contributed by atoms with Gasteiger partial charge in [0.1, 0.15) is 11.5 Å². The molecule has 0 N–H and O–H groups in total. The Morgan fingerprint density at radius 1 is 0.283 bits per heavy atom. The number of rotatable bonds is 7. The zero-order chi connectivity index (χ0) is 39.8. The first kappa shape index (κ1) is 35.2. The van der Waals surface area contributed by atoms with Gasteiger partial charge in [-0.05, 0) is 92.2 Å². The fraction of sp³-hybridized carbons (Fsp3) is 0. The van der Waals surface area contributed by atoms with Crippen LogP contribution >= 0.6 is 0 Å². The highest BCUT2D eigenvalue weighted by atomic mass is 16.5. The lowest BCUT2D eigenvalue weighted by molar-refractivity contribution is 0.489. The van der Waals surface area contributed by atoms with Crippen molar-refractivity contribution in [2.45, 2.75) is 0 Å². The lowest BCUT2D eigenvalue weighted by atomic mass is 9.85. The van der Waals surface area contributed by atoms with Crippen molar-refractivity contribution in [1.82, 2.24) is 0 Å². The molecule has 2 nitrogen and oxygen atoms in total. The molecule has 282 valence electrons. The number of hydrogen-bond acceptors (Lipinski definition) is 2. The van der Waals surface area contributed by atoms with Gasteiger partial charge in [-0.3, -0.25) is 0 Å². The van der Waals surface area contributed by atoms with E-state index in [1.165, 1.54) is 49.7 Å². The predicted octanol–water partition coefficient (Wildman–Crippen LogP) is 16.4. The molecule has 0 fully saturated rings. The summed E-state index contributed by atoms with van der Waals surface area (Å²) in [7, 11) is 0. The largest absolute Gasteiger partial charge is 0.455 e. The molecule has 60 heavy (non-hydrogen) atoms. The summed E-state index contributed by atoms with van der Waals surface area (Å²) in [5.41, 5.74) is 17.0. The maximum atomic E-state index is 7.08. The number of nitrogens with zero attached hydrogens (tertiary/aromatic N) is 1. The van der Waals surface area contributed by atoms with Gasteiger partial charge in [0, 0.05) is 39.2 Å². The van der Waals surface area contributed by atoms with Crippen molar-refractivity contribution in [3.8, 4) is 78.3 Å². The standard InChI is InChI=1S/C58H39NO/c1-4-17-40(18-5-1)41-31-35-45(36-32-41)59(55-29-14-12-23-47(55)42-19-6-2-7-20-42)46-37-33-44(34-38-46)48-27-16-28-52-57-51-26-11-10-24-49(51)53(43-21-8-3-9-22-43)39-54(57)50-25-13-15-30-56(50)60-58(48)52/h1-39H. The molecule has 2 heteroatoms. The van der Waals surface area contributed by atoms with Gasteiger partial charge in [-0.15, -0.1) is 0 Å². The summed E-state index contributed by atoms with van der Waals surface area (Å²) < 4.78 is 7.08. The van der Waals surface area contributed by atoms with Crippen LogP contribution in [0.1, 0.15) is 0 Å². The van der Waals surface area contributed by atoms with Gasteiger partial charge in [0.2, 0.25) is 0 Å². The number of hydrogen-bond donors (Lipinski definition) is 0. The van der Waals surface area contributed by atoms with Crippen molar-refractivity contribution in [2.24, 2.45) is 0 Å². The molecule has 11 rings (SSSR count). The molecule has 0 aliphatic carbocycles. The Balaban J connectivity index is 1.06. The van der Waals surface area contributed by atoms with Gasteiger partial charge < -0.3 is 9.64 Å². The van der Waals surface area contributed by atoms with Crippen LogP contribution in [0.2, 0.25) is 0 Å². The van der Waals surface area contributed by atoms with Gasteiger partial charge >= 0.3 is 0 Å². The maximum Gasteiger partial charge on any atom is 0.143 e. The summed E-state index contributed by atoms with van der Waals surface area (Å²) in [6.07, 6.45) is 0. The van der Waals surface area contributed by atoms with E-state index < -0.39 is 0 Å². The highest BCUT2D eigenvalue weighted by molar-refractivity contribution is 6.13. The molecule has 0 bridgehead atoms. The molecule has 1 aliphatic rings. The lowest BCUT2D eigenvalue weighted by Crippen LogP contribution is -2.11. The summed E-state index contributed by atoms with van der Waals surface area (Å²) in [4.78, 5) is 2.37. The van der Waals surface area contributed by atoms with Crippen molar-refractivity contribution in [1.29, 1.82) is 0 Å². The molecule has 10 aromatic carbocycles. The maximum absolute atomic E-state index is 7.08. The second-order valence-corrected chi connectivity index (χ2v) is 15.2. The van der Waals surface area contributed by atoms with Crippen LogP contribution in [0.25, 0.3) is 77.5 Å². The molecule has 0 radical (unpaired) electrons. The van der Waals surface area contributed by atoms with E-state index in [-0.39, 0.29) is 0 Å². The third-order valence-corrected chi connectivity index (χ3v) is 11.7. The van der Waals surface area contributed by atoms with Crippen LogP contribution in [0, 0.1) is 0 Å². The summed E-state index contributed by atoms with van der Waals surface area (Å²) in [6.45, 7) is 0. The Bertz CT molecular complexity index is 3140. The van der Waals surface area contributed by atoms with E-state index >= 15 is 0 Å². The second kappa shape index (κ2) is 15.1. The van der Waals surface area contributed by atoms with Gasteiger partial charge in [-0.1, -0.05) is 194 Å². The van der Waals surface area contributed by atoms with E-state index in [2.05, 4.69) is 241 Å². The van der Waals surface area contributed by atoms with Gasteiger partial charge in [-0.25, -0.2) is 0 Å². The molecule has 0 spiro atoms. The van der Waals surface area contributed by atoms with Crippen molar-refractivity contribution in [3.05, 3.63) is 237 Å². The van der Waals surface area contributed by atoms with Crippen molar-refractivity contribution in [3.63, 3.8) is 0 Å². The molecule has 0 amide bonds. The SMILES string of the molecule is c1ccc(-c2ccc(N(c3ccc(-c4cccc5c4Oc4ccccc4-c4cc(-c6ccccc6)c6ccccc6c4-5)cc3)c3ccccc3-c3ccccc3)cc2)cc1. The lowest BCUT2D eigenvalue weighted by Gasteiger charge is -2.28. The summed E-state index contributed by atoms with van der Waals surface area (Å²) in [6, 6.07) is 84.6. The fourth-order valence-corrected chi connectivity index (χ4v) is 8.88. The minimum atomic E-state index is 0.846. The first-order valence-electron chi connectivity index (χ1n) is 20.5. The molecule has 0 saturated heterocycles. The van der Waals surface area contributed by atoms with E-state index in [9.17, 15) is 0 Å². The zero-order valence-corrected chi connectivity index (χ0v) is 32.9. The van der Waals surface area contributed by atoms with Crippen LogP contribution in [0.4, 0.5) is 17.1 Å². The van der Waals surface area contributed by atoms with Gasteiger partial charge in [0.05, 0.1) is 5.69 Å². The normalized spacial score (nSPS) is 11.5. The first-order valence-corrected chi connectivity index (χ1v) is 20.5. The minimum absolute atomic E-state index is 0.846. The third kappa shape index (κ3) is 6.23. The molecule has 10 aromatic rings. The topological polar surface area (TPSA) is 12.5 Å². The monoisotopic (exact) mass is 765 g/mol. The van der Waals surface area contributed by atoms with E-state index in [1.807, 2.05) is 0 Å². The third-order valence-electron chi connectivity index (χ3n) is 11.7. The summed E-state index contributed by atoms with van der Waals surface area (Å²) in [5, 5.41) is 2.42. The molecule has 0 atom stereocenters. The smallest absolute Gasteiger partial charge is 0.143 e. The summed E-state index contributed by atoms with van der Waals surface area (Å²) >= 11 is 0. The average molecular weight is 766 g/mol. The Morgan fingerprint density at radius 3 is 1.43 bits per heavy atom. The average Bonchev–Trinajstić information content (AvgIpc) is 3.47. The minimum Gasteiger partial charge on any atom is -0.455 e. The first-order chi connectivity index (χ1) is 29.8. The van der Waals surface area contributed by atoms with Crippen LogP contribution in [-0.4, -0.2) is 0 Å². The zero-order valence-electron chi connectivity index (χ0n) is 32.9. The molecule has 0 aromatic heterocycles. The Morgan fingerprint density at radius 2 is 0.750 bits per heavy atom. The van der Waals surface area contributed by atoms with Crippen LogP contribution in [0.3, 0.4) is 0 Å². The number of para-hydroxylation sites is 3. The van der Waals surface area contributed by atoms with E-state index in [0.717, 1.165) is 56.4 Å². The van der Waals surface area contributed by atoms with Gasteiger partial charge in [0.15, 0.2) is 0 Å². The second-order valence-electron chi connectivity index (χ2n) is 15.2.